The van der Waals surface area contributed by atoms with Gasteiger partial charge in [-0.25, -0.2) is 5.43 Å². The number of amides is 2. The number of para-hydroxylation sites is 1. The van der Waals surface area contributed by atoms with Gasteiger partial charge in [-0.15, -0.1) is 0 Å². The molecule has 0 heterocycles. The predicted molar refractivity (Wildman–Crippen MR) is 94.8 cm³/mol. The van der Waals surface area contributed by atoms with Gasteiger partial charge in [-0.2, -0.15) is 5.10 Å². The molecule has 2 aromatic carbocycles. The van der Waals surface area contributed by atoms with Crippen molar-refractivity contribution >= 4 is 23.7 Å². The highest BCUT2D eigenvalue weighted by molar-refractivity contribution is 6.39. The SMILES string of the molecule is CCc1ccccc1NC(=O)C(=O)N/N=C\c1ccc(O)c(OC)c1. The molecule has 3 N–H and O–H groups in total. The molecule has 25 heavy (non-hydrogen) atoms. The van der Waals surface area contributed by atoms with Crippen LogP contribution in [-0.4, -0.2) is 30.2 Å². The van der Waals surface area contributed by atoms with Crippen LogP contribution in [0.2, 0.25) is 0 Å². The van der Waals surface area contributed by atoms with Crippen LogP contribution in [0.15, 0.2) is 47.6 Å². The molecule has 0 unspecified atom stereocenters. The average Bonchev–Trinajstić information content (AvgIpc) is 2.63. The number of ether oxygens (including phenoxy) is 1. The topological polar surface area (TPSA) is 100 Å². The number of aromatic hydroxyl groups is 1. The monoisotopic (exact) mass is 341 g/mol. The lowest BCUT2D eigenvalue weighted by atomic mass is 10.1. The number of methoxy groups -OCH3 is 1. The number of nitrogens with zero attached hydrogens (tertiary/aromatic N) is 1. The molecule has 7 nitrogen and oxygen atoms in total. The summed E-state index contributed by atoms with van der Waals surface area (Å²) in [7, 11) is 1.43. The second kappa shape index (κ2) is 8.49. The highest BCUT2D eigenvalue weighted by atomic mass is 16.5. The summed E-state index contributed by atoms with van der Waals surface area (Å²) in [6, 6.07) is 11.8. The van der Waals surface area contributed by atoms with E-state index in [1.165, 1.54) is 19.4 Å². The van der Waals surface area contributed by atoms with Crippen molar-refractivity contribution in [1.29, 1.82) is 0 Å². The van der Waals surface area contributed by atoms with E-state index in [0.717, 1.165) is 12.0 Å². The lowest BCUT2D eigenvalue weighted by Gasteiger charge is -2.08. The number of carbonyl (C=O) groups excluding carboxylic acids is 2. The van der Waals surface area contributed by atoms with Crippen LogP contribution in [0.5, 0.6) is 11.5 Å². The molecule has 0 bridgehead atoms. The van der Waals surface area contributed by atoms with Gasteiger partial charge in [0.05, 0.1) is 13.3 Å². The van der Waals surface area contributed by atoms with Crippen LogP contribution in [0.4, 0.5) is 5.69 Å². The number of benzene rings is 2. The first-order valence-electron chi connectivity index (χ1n) is 7.64. The Hall–Kier alpha value is -3.35. The van der Waals surface area contributed by atoms with Gasteiger partial charge in [-0.1, -0.05) is 25.1 Å². The molecule has 0 aliphatic heterocycles. The number of aryl methyl sites for hydroxylation is 1. The zero-order valence-electron chi connectivity index (χ0n) is 13.9. The fourth-order valence-electron chi connectivity index (χ4n) is 2.12. The minimum Gasteiger partial charge on any atom is -0.504 e. The number of nitrogens with one attached hydrogen (secondary N) is 2. The molecule has 130 valence electrons. The molecule has 0 aromatic heterocycles. The summed E-state index contributed by atoms with van der Waals surface area (Å²) in [6.45, 7) is 1.96. The molecule has 0 aliphatic carbocycles. The fourth-order valence-corrected chi connectivity index (χ4v) is 2.12. The normalized spacial score (nSPS) is 10.5. The van der Waals surface area contributed by atoms with E-state index in [9.17, 15) is 14.7 Å². The minimum absolute atomic E-state index is 0.00217. The van der Waals surface area contributed by atoms with Crippen molar-refractivity contribution < 1.29 is 19.4 Å². The summed E-state index contributed by atoms with van der Waals surface area (Å²) in [6.07, 6.45) is 2.08. The number of carbonyl (C=O) groups is 2. The molecule has 0 fully saturated rings. The summed E-state index contributed by atoms with van der Waals surface area (Å²) in [4.78, 5) is 23.7. The molecule has 2 aromatic rings. The summed E-state index contributed by atoms with van der Waals surface area (Å²) in [5.41, 5.74) is 4.27. The lowest BCUT2D eigenvalue weighted by Crippen LogP contribution is -2.32. The summed E-state index contributed by atoms with van der Waals surface area (Å²) in [5.74, 6) is -1.41. The van der Waals surface area contributed by atoms with Crippen molar-refractivity contribution in [3.05, 3.63) is 53.6 Å². The fraction of sp³-hybridized carbons (Fsp3) is 0.167. The van der Waals surface area contributed by atoms with Gasteiger partial charge in [0.1, 0.15) is 0 Å². The zero-order valence-corrected chi connectivity index (χ0v) is 13.9. The molecule has 0 spiro atoms. The van der Waals surface area contributed by atoms with Crippen molar-refractivity contribution in [1.82, 2.24) is 5.43 Å². The maximum absolute atomic E-state index is 11.9. The Morgan fingerprint density at radius 2 is 1.96 bits per heavy atom. The Bertz CT molecular complexity index is 803. The molecule has 2 amide bonds. The Balaban J connectivity index is 1.96. The summed E-state index contributed by atoms with van der Waals surface area (Å²) < 4.78 is 4.98. The van der Waals surface area contributed by atoms with Crippen molar-refractivity contribution in [2.45, 2.75) is 13.3 Å². The van der Waals surface area contributed by atoms with E-state index in [4.69, 9.17) is 4.74 Å². The lowest BCUT2D eigenvalue weighted by molar-refractivity contribution is -0.136. The van der Waals surface area contributed by atoms with Crippen LogP contribution in [0.25, 0.3) is 0 Å². The van der Waals surface area contributed by atoms with E-state index >= 15 is 0 Å². The van der Waals surface area contributed by atoms with E-state index in [-0.39, 0.29) is 11.5 Å². The summed E-state index contributed by atoms with van der Waals surface area (Å²) in [5, 5.41) is 15.8. The number of phenols is 1. The minimum atomic E-state index is -0.882. The molecule has 0 saturated carbocycles. The Kier molecular flexibility index (Phi) is 6.11. The summed E-state index contributed by atoms with van der Waals surface area (Å²) >= 11 is 0. The maximum atomic E-state index is 11.9. The van der Waals surface area contributed by atoms with Crippen LogP contribution < -0.4 is 15.5 Å². The standard InChI is InChI=1S/C18H19N3O4/c1-3-13-6-4-5-7-14(13)20-17(23)18(24)21-19-11-12-8-9-15(22)16(10-12)25-2/h4-11,22H,3H2,1-2H3,(H,20,23)(H,21,24)/b19-11-. The van der Waals surface area contributed by atoms with E-state index < -0.39 is 11.8 Å². The molecule has 0 radical (unpaired) electrons. The highest BCUT2D eigenvalue weighted by Gasteiger charge is 2.14. The second-order valence-corrected chi connectivity index (χ2v) is 5.10. The Morgan fingerprint density at radius 1 is 1.20 bits per heavy atom. The molecular formula is C18H19N3O4. The largest absolute Gasteiger partial charge is 0.504 e. The Labute approximate surface area is 145 Å². The van der Waals surface area contributed by atoms with Gasteiger partial charge in [-0.3, -0.25) is 9.59 Å². The van der Waals surface area contributed by atoms with E-state index in [1.54, 1.807) is 24.3 Å². The van der Waals surface area contributed by atoms with Gasteiger partial charge in [0.15, 0.2) is 11.5 Å². The average molecular weight is 341 g/mol. The first-order chi connectivity index (χ1) is 12.0. The van der Waals surface area contributed by atoms with Crippen molar-refractivity contribution in [2.75, 3.05) is 12.4 Å². The third-order valence-electron chi connectivity index (χ3n) is 3.44. The van der Waals surface area contributed by atoms with Gasteiger partial charge in [0.25, 0.3) is 0 Å². The third-order valence-corrected chi connectivity index (χ3v) is 3.44. The molecule has 0 saturated heterocycles. The molecule has 0 atom stereocenters. The molecule has 0 aliphatic rings. The number of hydrogen-bond acceptors (Lipinski definition) is 5. The first-order valence-corrected chi connectivity index (χ1v) is 7.64. The Morgan fingerprint density at radius 3 is 2.68 bits per heavy atom. The highest BCUT2D eigenvalue weighted by Crippen LogP contribution is 2.25. The van der Waals surface area contributed by atoms with Gasteiger partial charge in [-0.05, 0) is 41.8 Å². The quantitative estimate of drug-likeness (QED) is 0.440. The maximum Gasteiger partial charge on any atom is 0.329 e. The smallest absolute Gasteiger partial charge is 0.329 e. The van der Waals surface area contributed by atoms with Gasteiger partial charge < -0.3 is 15.2 Å². The van der Waals surface area contributed by atoms with Gasteiger partial charge in [0.2, 0.25) is 0 Å². The van der Waals surface area contributed by atoms with Gasteiger partial charge in [0, 0.05) is 5.69 Å². The number of anilines is 1. The van der Waals surface area contributed by atoms with E-state index in [2.05, 4.69) is 15.8 Å². The third kappa shape index (κ3) is 4.81. The van der Waals surface area contributed by atoms with Crippen LogP contribution in [0, 0.1) is 0 Å². The first kappa shape index (κ1) is 18.0. The number of hydrazone groups is 1. The van der Waals surface area contributed by atoms with Crippen LogP contribution >= 0.6 is 0 Å². The van der Waals surface area contributed by atoms with E-state index in [0.29, 0.717) is 11.3 Å². The number of hydrogen-bond donors (Lipinski definition) is 3. The van der Waals surface area contributed by atoms with Crippen LogP contribution in [-0.2, 0) is 16.0 Å². The van der Waals surface area contributed by atoms with Gasteiger partial charge >= 0.3 is 11.8 Å². The second-order valence-electron chi connectivity index (χ2n) is 5.10. The van der Waals surface area contributed by atoms with E-state index in [1.807, 2.05) is 19.1 Å². The molecule has 7 heteroatoms. The molecule has 2 rings (SSSR count). The zero-order chi connectivity index (χ0) is 18.2. The number of rotatable bonds is 5. The van der Waals surface area contributed by atoms with Crippen molar-refractivity contribution in [3.63, 3.8) is 0 Å². The number of phenolic OH excluding ortho intramolecular Hbond substituents is 1. The van der Waals surface area contributed by atoms with Crippen molar-refractivity contribution in [3.8, 4) is 11.5 Å². The van der Waals surface area contributed by atoms with Crippen molar-refractivity contribution in [2.24, 2.45) is 5.10 Å². The van der Waals surface area contributed by atoms with Crippen LogP contribution in [0.3, 0.4) is 0 Å². The predicted octanol–water partition coefficient (Wildman–Crippen LogP) is 2.05. The van der Waals surface area contributed by atoms with Crippen LogP contribution in [0.1, 0.15) is 18.1 Å². The molecular weight excluding hydrogens is 322 g/mol.